The van der Waals surface area contributed by atoms with Crippen molar-refractivity contribution in [3.05, 3.63) is 35.7 Å². The summed E-state index contributed by atoms with van der Waals surface area (Å²) in [5, 5.41) is 0. The van der Waals surface area contributed by atoms with Crippen molar-refractivity contribution in [2.45, 2.75) is 32.1 Å². The maximum Gasteiger partial charge on any atom is 0.399 e. The van der Waals surface area contributed by atoms with Gasteiger partial charge in [-0.1, -0.05) is 20.8 Å². The van der Waals surface area contributed by atoms with Crippen LogP contribution < -0.4 is 9.47 Å². The minimum absolute atomic E-state index is 0.0915. The normalized spacial score (nSPS) is 11.4. The number of methoxy groups -OCH3 is 1. The molecule has 2 rings (SSSR count). The van der Waals surface area contributed by atoms with Crippen LogP contribution in [0, 0.1) is 0 Å². The van der Waals surface area contributed by atoms with Crippen molar-refractivity contribution in [3.63, 3.8) is 0 Å². The fourth-order valence-electron chi connectivity index (χ4n) is 1.80. The summed E-state index contributed by atoms with van der Waals surface area (Å²) in [6.45, 7) is 6.32. The van der Waals surface area contributed by atoms with E-state index in [0.29, 0.717) is 17.3 Å². The van der Waals surface area contributed by atoms with Crippen LogP contribution >= 0.6 is 11.6 Å². The average Bonchev–Trinajstić information content (AvgIpc) is 2.85. The molecule has 20 heavy (non-hydrogen) atoms. The Morgan fingerprint density at radius 1 is 1.30 bits per heavy atom. The number of hydrogen-bond donors (Lipinski definition) is 0. The predicted molar refractivity (Wildman–Crippen MR) is 77.8 cm³/mol. The molecule has 0 bridgehead atoms. The minimum Gasteiger partial charge on any atom is -0.497 e. The summed E-state index contributed by atoms with van der Waals surface area (Å²) >= 11 is 5.69. The van der Waals surface area contributed by atoms with Crippen molar-refractivity contribution < 1.29 is 13.9 Å². The second-order valence-corrected chi connectivity index (χ2v) is 5.72. The van der Waals surface area contributed by atoms with Crippen LogP contribution in [0.4, 0.5) is 0 Å². The van der Waals surface area contributed by atoms with Crippen LogP contribution in [-0.4, -0.2) is 12.1 Å². The molecule has 0 saturated heterocycles. The lowest BCUT2D eigenvalue weighted by atomic mass is 9.86. The van der Waals surface area contributed by atoms with Crippen molar-refractivity contribution in [1.29, 1.82) is 0 Å². The number of benzene rings is 1. The van der Waals surface area contributed by atoms with Crippen molar-refractivity contribution in [2.24, 2.45) is 0 Å². The Morgan fingerprint density at radius 2 is 2.05 bits per heavy atom. The molecule has 108 valence electrons. The zero-order valence-corrected chi connectivity index (χ0v) is 12.8. The predicted octanol–water partition coefficient (Wildman–Crippen LogP) is 4.51. The monoisotopic (exact) mass is 295 g/mol. The van der Waals surface area contributed by atoms with E-state index >= 15 is 0 Å². The molecular weight excluding hydrogens is 278 g/mol. The Hall–Kier alpha value is -1.68. The van der Waals surface area contributed by atoms with E-state index in [2.05, 4.69) is 25.8 Å². The van der Waals surface area contributed by atoms with Gasteiger partial charge >= 0.3 is 6.08 Å². The Morgan fingerprint density at radius 3 is 2.60 bits per heavy atom. The number of nitrogens with zero attached hydrogens (tertiary/aromatic N) is 1. The smallest absolute Gasteiger partial charge is 0.399 e. The van der Waals surface area contributed by atoms with Crippen LogP contribution in [0.3, 0.4) is 0 Å². The van der Waals surface area contributed by atoms with E-state index in [0.717, 1.165) is 11.3 Å². The molecule has 0 aliphatic rings. The highest BCUT2D eigenvalue weighted by molar-refractivity contribution is 6.16. The molecule has 0 aliphatic carbocycles. The van der Waals surface area contributed by atoms with Gasteiger partial charge in [0, 0.05) is 5.56 Å². The Kier molecular flexibility index (Phi) is 4.23. The highest BCUT2D eigenvalue weighted by atomic mass is 35.5. The van der Waals surface area contributed by atoms with Gasteiger partial charge in [0.25, 0.3) is 0 Å². The zero-order valence-electron chi connectivity index (χ0n) is 12.1. The van der Waals surface area contributed by atoms with Crippen LogP contribution in [0.5, 0.6) is 17.6 Å². The second-order valence-electron chi connectivity index (χ2n) is 5.45. The van der Waals surface area contributed by atoms with Gasteiger partial charge < -0.3 is 13.9 Å². The van der Waals surface area contributed by atoms with E-state index in [4.69, 9.17) is 25.5 Å². The highest BCUT2D eigenvalue weighted by Crippen LogP contribution is 2.36. The van der Waals surface area contributed by atoms with Gasteiger partial charge in [-0.2, -0.15) is 4.98 Å². The van der Waals surface area contributed by atoms with Crippen LogP contribution in [0.1, 0.15) is 32.0 Å². The molecule has 5 heteroatoms. The summed E-state index contributed by atoms with van der Waals surface area (Å²) in [5.41, 5.74) is 1.57. The van der Waals surface area contributed by atoms with Gasteiger partial charge in [0.05, 0.1) is 18.7 Å². The number of oxazole rings is 1. The summed E-state index contributed by atoms with van der Waals surface area (Å²) in [4.78, 5) is 4.14. The summed E-state index contributed by atoms with van der Waals surface area (Å²) in [6, 6.07) is 5.65. The topological polar surface area (TPSA) is 44.5 Å². The van der Waals surface area contributed by atoms with E-state index in [1.165, 1.54) is 6.26 Å². The van der Waals surface area contributed by atoms with E-state index in [1.807, 2.05) is 18.2 Å². The van der Waals surface area contributed by atoms with Crippen LogP contribution in [0.2, 0.25) is 0 Å². The molecule has 0 N–H and O–H groups in total. The van der Waals surface area contributed by atoms with Gasteiger partial charge in [-0.25, -0.2) is 0 Å². The van der Waals surface area contributed by atoms with Gasteiger partial charge in [0.2, 0.25) is 0 Å². The first kappa shape index (κ1) is 14.7. The van der Waals surface area contributed by atoms with Crippen molar-refractivity contribution >= 4 is 11.6 Å². The molecule has 1 heterocycles. The van der Waals surface area contributed by atoms with Gasteiger partial charge in [-0.3, -0.25) is 0 Å². The Labute approximate surface area is 123 Å². The summed E-state index contributed by atoms with van der Waals surface area (Å²) in [7, 11) is 1.64. The average molecular weight is 296 g/mol. The SMILES string of the molecule is COc1ccc(Oc2nc(CCl)co2)c(C(C)(C)C)c1. The minimum atomic E-state index is -0.0915. The molecule has 0 atom stereocenters. The molecule has 1 aromatic heterocycles. The number of hydrogen-bond acceptors (Lipinski definition) is 4. The first-order valence-corrected chi connectivity index (χ1v) is 6.84. The lowest BCUT2D eigenvalue weighted by molar-refractivity contribution is 0.322. The molecule has 0 aliphatic heterocycles. The van der Waals surface area contributed by atoms with Crippen molar-refractivity contribution in [3.8, 4) is 17.6 Å². The summed E-state index contributed by atoms with van der Waals surface area (Å²) in [5.74, 6) is 1.78. The molecule has 1 aromatic carbocycles. The maximum atomic E-state index is 5.73. The number of ether oxygens (including phenoxy) is 2. The molecule has 2 aromatic rings. The summed E-state index contributed by atoms with van der Waals surface area (Å²) in [6.07, 6.45) is 1.68. The molecule has 0 radical (unpaired) electrons. The number of alkyl halides is 1. The van der Waals surface area contributed by atoms with Crippen LogP contribution in [-0.2, 0) is 11.3 Å². The van der Waals surface area contributed by atoms with Gasteiger partial charge in [-0.15, -0.1) is 11.6 Å². The Balaban J connectivity index is 2.35. The standard InChI is InChI=1S/C15H18ClNO3/c1-15(2,3)12-7-11(18-4)5-6-13(12)20-14-17-10(8-16)9-19-14/h5-7,9H,8H2,1-4H3. The molecular formula is C15H18ClNO3. The molecule has 0 fully saturated rings. The van der Waals surface area contributed by atoms with E-state index in [-0.39, 0.29) is 11.5 Å². The van der Waals surface area contributed by atoms with E-state index in [9.17, 15) is 0 Å². The van der Waals surface area contributed by atoms with Crippen LogP contribution in [0.15, 0.2) is 28.9 Å². The molecule has 0 spiro atoms. The van der Waals surface area contributed by atoms with Crippen LogP contribution in [0.25, 0.3) is 0 Å². The number of halogens is 1. The third kappa shape index (κ3) is 3.25. The largest absolute Gasteiger partial charge is 0.497 e. The van der Waals surface area contributed by atoms with Gasteiger partial charge in [0.15, 0.2) is 0 Å². The zero-order chi connectivity index (χ0) is 14.8. The molecule has 4 nitrogen and oxygen atoms in total. The first-order chi connectivity index (χ1) is 9.44. The summed E-state index contributed by atoms with van der Waals surface area (Å²) < 4.78 is 16.2. The van der Waals surface area contributed by atoms with Gasteiger partial charge in [0.1, 0.15) is 17.8 Å². The van der Waals surface area contributed by atoms with Crippen molar-refractivity contribution in [2.75, 3.05) is 7.11 Å². The molecule has 0 amide bonds. The fourth-order valence-corrected chi connectivity index (χ4v) is 1.92. The number of rotatable bonds is 4. The molecule has 0 unspecified atom stereocenters. The lowest BCUT2D eigenvalue weighted by Crippen LogP contribution is -2.12. The fraction of sp³-hybridized carbons (Fsp3) is 0.400. The second kappa shape index (κ2) is 5.75. The third-order valence-electron chi connectivity index (χ3n) is 2.86. The molecule has 0 saturated carbocycles. The van der Waals surface area contributed by atoms with E-state index < -0.39 is 0 Å². The maximum absolute atomic E-state index is 5.73. The quantitative estimate of drug-likeness (QED) is 0.778. The highest BCUT2D eigenvalue weighted by Gasteiger charge is 2.21. The third-order valence-corrected chi connectivity index (χ3v) is 3.13. The van der Waals surface area contributed by atoms with Crippen molar-refractivity contribution in [1.82, 2.24) is 4.98 Å². The van der Waals surface area contributed by atoms with E-state index in [1.54, 1.807) is 7.11 Å². The first-order valence-electron chi connectivity index (χ1n) is 6.31. The van der Waals surface area contributed by atoms with Gasteiger partial charge in [-0.05, 0) is 23.6 Å². The number of aromatic nitrogens is 1. The Bertz CT molecular complexity index is 587. The lowest BCUT2D eigenvalue weighted by Gasteiger charge is -2.22.